The van der Waals surface area contributed by atoms with Crippen LogP contribution in [0.4, 0.5) is 0 Å². The van der Waals surface area contributed by atoms with Crippen molar-refractivity contribution in [3.05, 3.63) is 0 Å². The molecule has 0 saturated carbocycles. The standard InChI is InChI=1S/C16H30O4/c1-4-7-11-14(16(18)20-6-3)12-9-8-10-13-15(17)19-5-2/h14H,4-13H2,1-3H3. The Hall–Kier alpha value is -1.06. The molecule has 0 bridgehead atoms. The molecule has 0 amide bonds. The van der Waals surface area contributed by atoms with Crippen LogP contribution in [-0.4, -0.2) is 25.2 Å². The van der Waals surface area contributed by atoms with Gasteiger partial charge in [0.2, 0.25) is 0 Å². The summed E-state index contributed by atoms with van der Waals surface area (Å²) in [5.41, 5.74) is 0. The maximum absolute atomic E-state index is 11.8. The summed E-state index contributed by atoms with van der Waals surface area (Å²) in [6, 6.07) is 0. The first kappa shape index (κ1) is 18.9. The van der Waals surface area contributed by atoms with Gasteiger partial charge in [0, 0.05) is 6.42 Å². The Balaban J connectivity index is 3.83. The lowest BCUT2D eigenvalue weighted by molar-refractivity contribution is -0.148. The first-order chi connectivity index (χ1) is 9.65. The summed E-state index contributed by atoms with van der Waals surface area (Å²) in [5, 5.41) is 0. The van der Waals surface area contributed by atoms with Crippen molar-refractivity contribution in [3.63, 3.8) is 0 Å². The summed E-state index contributed by atoms with van der Waals surface area (Å²) >= 11 is 0. The summed E-state index contributed by atoms with van der Waals surface area (Å²) in [6.07, 6.45) is 7.17. The van der Waals surface area contributed by atoms with Crippen LogP contribution in [0.3, 0.4) is 0 Å². The van der Waals surface area contributed by atoms with Crippen molar-refractivity contribution >= 4 is 11.9 Å². The lowest BCUT2D eigenvalue weighted by atomic mass is 9.95. The first-order valence-corrected chi connectivity index (χ1v) is 7.97. The molecule has 0 N–H and O–H groups in total. The maximum Gasteiger partial charge on any atom is 0.308 e. The lowest BCUT2D eigenvalue weighted by Crippen LogP contribution is -2.18. The van der Waals surface area contributed by atoms with Gasteiger partial charge in [-0.25, -0.2) is 0 Å². The normalized spacial score (nSPS) is 11.9. The molecular weight excluding hydrogens is 256 g/mol. The maximum atomic E-state index is 11.8. The predicted octanol–water partition coefficient (Wildman–Crippen LogP) is 3.87. The van der Waals surface area contributed by atoms with E-state index in [1.54, 1.807) is 0 Å². The fourth-order valence-corrected chi connectivity index (χ4v) is 2.16. The topological polar surface area (TPSA) is 52.6 Å². The number of rotatable bonds is 12. The summed E-state index contributed by atoms with van der Waals surface area (Å²) < 4.78 is 9.99. The molecule has 1 atom stereocenters. The summed E-state index contributed by atoms with van der Waals surface area (Å²) in [4.78, 5) is 23.0. The summed E-state index contributed by atoms with van der Waals surface area (Å²) in [5.74, 6) is -0.163. The van der Waals surface area contributed by atoms with E-state index in [4.69, 9.17) is 9.47 Å². The van der Waals surface area contributed by atoms with Gasteiger partial charge in [-0.1, -0.05) is 32.6 Å². The molecule has 1 unspecified atom stereocenters. The highest BCUT2D eigenvalue weighted by molar-refractivity contribution is 5.72. The number of carbonyl (C=O) groups is 2. The minimum atomic E-state index is -0.125. The quantitative estimate of drug-likeness (QED) is 0.404. The van der Waals surface area contributed by atoms with Gasteiger partial charge in [0.1, 0.15) is 0 Å². The number of hydrogen-bond donors (Lipinski definition) is 0. The molecule has 0 spiro atoms. The molecule has 0 fully saturated rings. The molecule has 20 heavy (non-hydrogen) atoms. The van der Waals surface area contributed by atoms with Gasteiger partial charge >= 0.3 is 11.9 Å². The van der Waals surface area contributed by atoms with Crippen LogP contribution in [0.15, 0.2) is 0 Å². The molecule has 0 aromatic carbocycles. The highest BCUT2D eigenvalue weighted by Gasteiger charge is 2.18. The van der Waals surface area contributed by atoms with Crippen molar-refractivity contribution in [2.75, 3.05) is 13.2 Å². The van der Waals surface area contributed by atoms with Crippen LogP contribution in [0.25, 0.3) is 0 Å². The molecule has 0 aliphatic rings. The molecule has 0 aromatic rings. The Bertz CT molecular complexity index is 263. The van der Waals surface area contributed by atoms with E-state index >= 15 is 0 Å². The van der Waals surface area contributed by atoms with E-state index in [0.29, 0.717) is 19.6 Å². The Morgan fingerprint density at radius 2 is 1.50 bits per heavy atom. The third kappa shape index (κ3) is 9.82. The zero-order chi connectivity index (χ0) is 15.2. The second kappa shape index (κ2) is 12.9. The van der Waals surface area contributed by atoms with Gasteiger partial charge in [-0.05, 0) is 33.1 Å². The van der Waals surface area contributed by atoms with E-state index in [-0.39, 0.29) is 17.9 Å². The minimum Gasteiger partial charge on any atom is -0.466 e. The van der Waals surface area contributed by atoms with Crippen LogP contribution in [0.2, 0.25) is 0 Å². The third-order valence-corrected chi connectivity index (χ3v) is 3.26. The van der Waals surface area contributed by atoms with Crippen molar-refractivity contribution < 1.29 is 19.1 Å². The molecule has 0 heterocycles. The predicted molar refractivity (Wildman–Crippen MR) is 79.4 cm³/mol. The van der Waals surface area contributed by atoms with Crippen LogP contribution in [0.1, 0.15) is 72.1 Å². The van der Waals surface area contributed by atoms with Crippen LogP contribution in [0, 0.1) is 5.92 Å². The van der Waals surface area contributed by atoms with Gasteiger partial charge in [-0.3, -0.25) is 9.59 Å². The fraction of sp³-hybridized carbons (Fsp3) is 0.875. The molecule has 0 rings (SSSR count). The molecule has 0 saturated heterocycles. The van der Waals surface area contributed by atoms with Gasteiger partial charge in [0.15, 0.2) is 0 Å². The van der Waals surface area contributed by atoms with Gasteiger partial charge in [0.05, 0.1) is 19.1 Å². The van der Waals surface area contributed by atoms with E-state index in [1.807, 2.05) is 13.8 Å². The number of hydrogen-bond acceptors (Lipinski definition) is 4. The van der Waals surface area contributed by atoms with E-state index in [2.05, 4.69) is 6.92 Å². The Kier molecular flexibility index (Phi) is 12.3. The van der Waals surface area contributed by atoms with Crippen LogP contribution < -0.4 is 0 Å². The average Bonchev–Trinajstić information content (AvgIpc) is 2.42. The molecule has 0 radical (unpaired) electrons. The monoisotopic (exact) mass is 286 g/mol. The van der Waals surface area contributed by atoms with Gasteiger partial charge in [0.25, 0.3) is 0 Å². The van der Waals surface area contributed by atoms with Crippen molar-refractivity contribution in [3.8, 4) is 0 Å². The molecular formula is C16H30O4. The molecule has 4 nitrogen and oxygen atoms in total. The smallest absolute Gasteiger partial charge is 0.308 e. The minimum absolute atomic E-state index is 0.0255. The number of carbonyl (C=O) groups excluding carboxylic acids is 2. The Labute approximate surface area is 123 Å². The van der Waals surface area contributed by atoms with E-state index < -0.39 is 0 Å². The van der Waals surface area contributed by atoms with Crippen molar-refractivity contribution in [2.45, 2.75) is 72.1 Å². The average molecular weight is 286 g/mol. The third-order valence-electron chi connectivity index (χ3n) is 3.26. The van der Waals surface area contributed by atoms with E-state index in [9.17, 15) is 9.59 Å². The number of unbranched alkanes of at least 4 members (excludes halogenated alkanes) is 3. The van der Waals surface area contributed by atoms with Gasteiger partial charge in [-0.15, -0.1) is 0 Å². The van der Waals surface area contributed by atoms with Crippen molar-refractivity contribution in [1.29, 1.82) is 0 Å². The summed E-state index contributed by atoms with van der Waals surface area (Å²) in [7, 11) is 0. The van der Waals surface area contributed by atoms with E-state index in [1.165, 1.54) is 0 Å². The van der Waals surface area contributed by atoms with Crippen LogP contribution in [0.5, 0.6) is 0 Å². The van der Waals surface area contributed by atoms with Crippen LogP contribution in [-0.2, 0) is 19.1 Å². The number of esters is 2. The Morgan fingerprint density at radius 3 is 2.10 bits per heavy atom. The molecule has 0 aliphatic carbocycles. The zero-order valence-corrected chi connectivity index (χ0v) is 13.3. The summed E-state index contributed by atoms with van der Waals surface area (Å²) in [6.45, 7) is 6.68. The molecule has 118 valence electrons. The number of ether oxygens (including phenoxy) is 2. The highest BCUT2D eigenvalue weighted by Crippen LogP contribution is 2.19. The SMILES string of the molecule is CCCCC(CCCCCC(=O)OCC)C(=O)OCC. The first-order valence-electron chi connectivity index (χ1n) is 7.97. The largest absolute Gasteiger partial charge is 0.466 e. The highest BCUT2D eigenvalue weighted by atomic mass is 16.5. The Morgan fingerprint density at radius 1 is 0.850 bits per heavy atom. The van der Waals surface area contributed by atoms with Crippen LogP contribution >= 0.6 is 0 Å². The molecule has 0 aromatic heterocycles. The van der Waals surface area contributed by atoms with Gasteiger partial charge in [-0.2, -0.15) is 0 Å². The van der Waals surface area contributed by atoms with Crippen molar-refractivity contribution in [2.24, 2.45) is 5.92 Å². The fourth-order valence-electron chi connectivity index (χ4n) is 2.16. The van der Waals surface area contributed by atoms with Gasteiger partial charge < -0.3 is 9.47 Å². The molecule has 0 aliphatic heterocycles. The zero-order valence-electron chi connectivity index (χ0n) is 13.3. The second-order valence-electron chi connectivity index (χ2n) is 5.00. The van der Waals surface area contributed by atoms with E-state index in [0.717, 1.165) is 44.9 Å². The molecule has 4 heteroatoms. The lowest BCUT2D eigenvalue weighted by Gasteiger charge is -2.14. The van der Waals surface area contributed by atoms with Crippen molar-refractivity contribution in [1.82, 2.24) is 0 Å². The second-order valence-corrected chi connectivity index (χ2v) is 5.00.